The van der Waals surface area contributed by atoms with Gasteiger partial charge in [-0.25, -0.2) is 4.79 Å². The summed E-state index contributed by atoms with van der Waals surface area (Å²) in [5.74, 6) is -0.227. The van der Waals surface area contributed by atoms with Crippen LogP contribution in [-0.4, -0.2) is 53.9 Å². The second kappa shape index (κ2) is 8.35. The highest BCUT2D eigenvalue weighted by Crippen LogP contribution is 2.13. The van der Waals surface area contributed by atoms with Crippen molar-refractivity contribution in [1.82, 2.24) is 4.90 Å². The van der Waals surface area contributed by atoms with Crippen molar-refractivity contribution in [3.05, 3.63) is 35.9 Å². The summed E-state index contributed by atoms with van der Waals surface area (Å²) in [6.45, 7) is 3.63. The van der Waals surface area contributed by atoms with Crippen molar-refractivity contribution in [2.24, 2.45) is 0 Å². The highest BCUT2D eigenvalue weighted by atomic mass is 16.5. The number of carboxylic acid groups (broad SMARTS) is 1. The Labute approximate surface area is 119 Å². The van der Waals surface area contributed by atoms with Gasteiger partial charge in [0.05, 0.1) is 6.10 Å². The lowest BCUT2D eigenvalue weighted by molar-refractivity contribution is -0.131. The van der Waals surface area contributed by atoms with Crippen LogP contribution in [0.4, 0.5) is 0 Å². The maximum absolute atomic E-state index is 10.4. The minimum atomic E-state index is -0.966. The van der Waals surface area contributed by atoms with E-state index in [2.05, 4.69) is 0 Å². The van der Waals surface area contributed by atoms with Gasteiger partial charge in [0.15, 0.2) is 0 Å². The van der Waals surface area contributed by atoms with E-state index in [1.165, 1.54) is 6.08 Å². The maximum Gasteiger partial charge on any atom is 0.328 e. The summed E-state index contributed by atoms with van der Waals surface area (Å²) in [6.07, 6.45) is 2.28. The summed E-state index contributed by atoms with van der Waals surface area (Å²) in [4.78, 5) is 12.4. The molecule has 1 unspecified atom stereocenters. The van der Waals surface area contributed by atoms with E-state index in [-0.39, 0.29) is 6.10 Å². The van der Waals surface area contributed by atoms with Gasteiger partial charge in [-0.15, -0.1) is 0 Å². The number of hydrogen-bond acceptors (Lipinski definition) is 4. The van der Waals surface area contributed by atoms with Crippen LogP contribution in [-0.2, 0) is 4.79 Å². The Hall–Kier alpha value is -1.85. The molecule has 5 heteroatoms. The highest BCUT2D eigenvalue weighted by Gasteiger charge is 2.02. The van der Waals surface area contributed by atoms with E-state index >= 15 is 0 Å². The number of aliphatic hydroxyl groups excluding tert-OH is 1. The number of aliphatic hydroxyl groups is 1. The zero-order valence-electron chi connectivity index (χ0n) is 11.8. The van der Waals surface area contributed by atoms with Gasteiger partial charge in [-0.3, -0.25) is 0 Å². The molecule has 0 aliphatic carbocycles. The van der Waals surface area contributed by atoms with Gasteiger partial charge in [-0.2, -0.15) is 0 Å². The van der Waals surface area contributed by atoms with Crippen LogP contribution in [0.3, 0.4) is 0 Å². The Morgan fingerprint density at radius 3 is 2.60 bits per heavy atom. The second-order valence-corrected chi connectivity index (χ2v) is 4.70. The number of nitrogens with zero attached hydrogens (tertiary/aromatic N) is 1. The molecule has 0 aliphatic heterocycles. The largest absolute Gasteiger partial charge is 0.492 e. The molecule has 0 heterocycles. The molecule has 1 aromatic carbocycles. The van der Waals surface area contributed by atoms with Gasteiger partial charge < -0.3 is 19.8 Å². The first-order valence-electron chi connectivity index (χ1n) is 6.48. The molecule has 0 radical (unpaired) electrons. The van der Waals surface area contributed by atoms with E-state index in [0.29, 0.717) is 13.2 Å². The molecule has 0 saturated carbocycles. The number of carboxylic acids is 1. The lowest BCUT2D eigenvalue weighted by Crippen LogP contribution is -2.30. The maximum atomic E-state index is 10.4. The third-order valence-electron chi connectivity index (χ3n) is 2.62. The number of likely N-dealkylation sites (N-methyl/N-ethyl adjacent to an activating group) is 1. The van der Waals surface area contributed by atoms with Crippen molar-refractivity contribution < 1.29 is 19.7 Å². The molecule has 0 aliphatic rings. The molecule has 1 aromatic rings. The lowest BCUT2D eigenvalue weighted by atomic mass is 10.2. The van der Waals surface area contributed by atoms with Crippen LogP contribution in [0.1, 0.15) is 12.5 Å². The Morgan fingerprint density at radius 2 is 2.05 bits per heavy atom. The van der Waals surface area contributed by atoms with Crippen molar-refractivity contribution in [3.8, 4) is 5.75 Å². The monoisotopic (exact) mass is 279 g/mol. The summed E-state index contributed by atoms with van der Waals surface area (Å²) in [5, 5.41) is 17.8. The zero-order valence-corrected chi connectivity index (χ0v) is 11.8. The Bertz CT molecular complexity index is 440. The SMILES string of the molecule is CC(O)CN(C)CCOc1ccc(C=CC(=O)O)cc1. The van der Waals surface area contributed by atoms with Crippen LogP contribution < -0.4 is 4.74 Å². The summed E-state index contributed by atoms with van der Waals surface area (Å²) >= 11 is 0. The molecule has 110 valence electrons. The Kier molecular flexibility index (Phi) is 6.76. The van der Waals surface area contributed by atoms with E-state index in [0.717, 1.165) is 23.9 Å². The summed E-state index contributed by atoms with van der Waals surface area (Å²) in [6, 6.07) is 7.20. The summed E-state index contributed by atoms with van der Waals surface area (Å²) < 4.78 is 5.58. The molecule has 0 bridgehead atoms. The number of rotatable bonds is 8. The van der Waals surface area contributed by atoms with Crippen LogP contribution in [0.5, 0.6) is 5.75 Å². The standard InChI is InChI=1S/C15H21NO4/c1-12(17)11-16(2)9-10-20-14-6-3-13(4-7-14)5-8-15(18)19/h3-8,12,17H,9-11H2,1-2H3,(H,18,19). The molecule has 0 aromatic heterocycles. The minimum absolute atomic E-state index is 0.347. The smallest absolute Gasteiger partial charge is 0.328 e. The Morgan fingerprint density at radius 1 is 1.40 bits per heavy atom. The van der Waals surface area contributed by atoms with E-state index in [1.807, 2.05) is 11.9 Å². The third kappa shape index (κ3) is 6.92. The third-order valence-corrected chi connectivity index (χ3v) is 2.62. The molecule has 0 fully saturated rings. The van der Waals surface area contributed by atoms with Crippen LogP contribution >= 0.6 is 0 Å². The number of benzene rings is 1. The number of aliphatic carboxylic acids is 1. The van der Waals surface area contributed by atoms with Gasteiger partial charge in [0, 0.05) is 19.2 Å². The van der Waals surface area contributed by atoms with Crippen LogP contribution in [0.2, 0.25) is 0 Å². The predicted octanol–water partition coefficient (Wildman–Crippen LogP) is 1.48. The fourth-order valence-electron chi connectivity index (χ4n) is 1.70. The average molecular weight is 279 g/mol. The van der Waals surface area contributed by atoms with Crippen molar-refractivity contribution in [2.45, 2.75) is 13.0 Å². The summed E-state index contributed by atoms with van der Waals surface area (Å²) in [7, 11) is 1.93. The van der Waals surface area contributed by atoms with Crippen molar-refractivity contribution in [1.29, 1.82) is 0 Å². The van der Waals surface area contributed by atoms with Gasteiger partial charge in [0.1, 0.15) is 12.4 Å². The van der Waals surface area contributed by atoms with E-state index in [9.17, 15) is 9.90 Å². The van der Waals surface area contributed by atoms with Crippen LogP contribution in [0.25, 0.3) is 6.08 Å². The summed E-state index contributed by atoms with van der Waals surface area (Å²) in [5.41, 5.74) is 0.811. The quantitative estimate of drug-likeness (QED) is 0.705. The van der Waals surface area contributed by atoms with Gasteiger partial charge >= 0.3 is 5.97 Å². The molecule has 20 heavy (non-hydrogen) atoms. The first-order valence-corrected chi connectivity index (χ1v) is 6.48. The molecule has 1 atom stereocenters. The second-order valence-electron chi connectivity index (χ2n) is 4.70. The fourth-order valence-corrected chi connectivity index (χ4v) is 1.70. The van der Waals surface area contributed by atoms with Gasteiger partial charge in [-0.05, 0) is 37.7 Å². The topological polar surface area (TPSA) is 70.0 Å². The van der Waals surface area contributed by atoms with Crippen molar-refractivity contribution in [2.75, 3.05) is 26.7 Å². The van der Waals surface area contributed by atoms with Crippen LogP contribution in [0.15, 0.2) is 30.3 Å². The predicted molar refractivity (Wildman–Crippen MR) is 77.8 cm³/mol. The normalized spacial score (nSPS) is 12.8. The van der Waals surface area contributed by atoms with E-state index < -0.39 is 5.97 Å². The molecule has 1 rings (SSSR count). The van der Waals surface area contributed by atoms with Crippen molar-refractivity contribution >= 4 is 12.0 Å². The first kappa shape index (κ1) is 16.2. The minimum Gasteiger partial charge on any atom is -0.492 e. The van der Waals surface area contributed by atoms with Gasteiger partial charge in [-0.1, -0.05) is 12.1 Å². The van der Waals surface area contributed by atoms with E-state index in [1.54, 1.807) is 31.2 Å². The molecule has 0 amide bonds. The molecule has 5 nitrogen and oxygen atoms in total. The number of carbonyl (C=O) groups is 1. The number of hydrogen-bond donors (Lipinski definition) is 2. The van der Waals surface area contributed by atoms with Gasteiger partial charge in [0.25, 0.3) is 0 Å². The Balaban J connectivity index is 2.36. The zero-order chi connectivity index (χ0) is 15.0. The molecule has 0 saturated heterocycles. The van der Waals surface area contributed by atoms with E-state index in [4.69, 9.17) is 9.84 Å². The molecular formula is C15H21NO4. The van der Waals surface area contributed by atoms with Gasteiger partial charge in [0.2, 0.25) is 0 Å². The lowest BCUT2D eigenvalue weighted by Gasteiger charge is -2.18. The first-order chi connectivity index (χ1) is 9.47. The molecule has 2 N–H and O–H groups in total. The molecule has 0 spiro atoms. The average Bonchev–Trinajstić information content (AvgIpc) is 2.37. The number of ether oxygens (including phenoxy) is 1. The van der Waals surface area contributed by atoms with Crippen LogP contribution in [0, 0.1) is 0 Å². The van der Waals surface area contributed by atoms with Crippen molar-refractivity contribution in [3.63, 3.8) is 0 Å². The fraction of sp³-hybridized carbons (Fsp3) is 0.400. The molecular weight excluding hydrogens is 258 g/mol. The highest BCUT2D eigenvalue weighted by molar-refractivity contribution is 5.85.